The van der Waals surface area contributed by atoms with Gasteiger partial charge in [0.25, 0.3) is 0 Å². The molecule has 0 bridgehead atoms. The number of esters is 1. The van der Waals surface area contributed by atoms with E-state index in [1.165, 1.54) is 19.3 Å². The third kappa shape index (κ3) is 2.09. The van der Waals surface area contributed by atoms with Crippen molar-refractivity contribution >= 4 is 11.9 Å². The Morgan fingerprint density at radius 3 is 2.95 bits per heavy atom. The van der Waals surface area contributed by atoms with E-state index in [9.17, 15) is 4.79 Å². The molecule has 0 amide bonds. The highest BCUT2D eigenvalue weighted by Crippen LogP contribution is 2.36. The molecule has 1 saturated carbocycles. The predicted octanol–water partition coefficient (Wildman–Crippen LogP) is 1.71. The van der Waals surface area contributed by atoms with Crippen molar-refractivity contribution in [3.63, 3.8) is 0 Å². The number of anilines is 1. The maximum Gasteiger partial charge on any atom is 0.312 e. The predicted molar refractivity (Wildman–Crippen MR) is 69.9 cm³/mol. The molecule has 0 aromatic carbocycles. The standard InChI is InChI=1S/C13H20N4O2/c1-3-19-12(18)10-7-14-13-15-11(9-5-4-6-9)16-17(13)8(10)2/h8-10H,3-7H2,1-2H3,(H,14,15,16). The molecular weight excluding hydrogens is 244 g/mol. The fourth-order valence-corrected chi connectivity index (χ4v) is 2.66. The minimum atomic E-state index is -0.191. The van der Waals surface area contributed by atoms with Crippen LogP contribution >= 0.6 is 0 Å². The van der Waals surface area contributed by atoms with Crippen LogP contribution in [0.1, 0.15) is 50.9 Å². The van der Waals surface area contributed by atoms with Gasteiger partial charge in [-0.1, -0.05) is 6.42 Å². The number of nitrogens with zero attached hydrogens (tertiary/aromatic N) is 3. The Labute approximate surface area is 112 Å². The van der Waals surface area contributed by atoms with E-state index < -0.39 is 0 Å². The van der Waals surface area contributed by atoms with Gasteiger partial charge in [0.05, 0.1) is 18.6 Å². The van der Waals surface area contributed by atoms with Crippen LogP contribution in [0.2, 0.25) is 0 Å². The fourth-order valence-electron chi connectivity index (χ4n) is 2.66. The third-order valence-electron chi connectivity index (χ3n) is 4.16. The molecule has 2 unspecified atom stereocenters. The number of hydrogen-bond donors (Lipinski definition) is 1. The van der Waals surface area contributed by atoms with Gasteiger partial charge in [-0.05, 0) is 26.7 Å². The van der Waals surface area contributed by atoms with Gasteiger partial charge < -0.3 is 10.1 Å². The second-order valence-corrected chi connectivity index (χ2v) is 5.35. The van der Waals surface area contributed by atoms with E-state index in [-0.39, 0.29) is 17.9 Å². The van der Waals surface area contributed by atoms with Gasteiger partial charge in [-0.3, -0.25) is 4.79 Å². The molecule has 1 aliphatic carbocycles. The number of aromatic nitrogens is 3. The second kappa shape index (κ2) is 4.83. The lowest BCUT2D eigenvalue weighted by molar-refractivity contribution is -0.149. The molecule has 2 aliphatic rings. The summed E-state index contributed by atoms with van der Waals surface area (Å²) in [5.74, 6) is 1.87. The first kappa shape index (κ1) is 12.4. The zero-order valence-corrected chi connectivity index (χ0v) is 11.4. The minimum absolute atomic E-state index is 0.00312. The van der Waals surface area contributed by atoms with Gasteiger partial charge in [0.1, 0.15) is 0 Å². The van der Waals surface area contributed by atoms with Gasteiger partial charge in [0.15, 0.2) is 5.82 Å². The van der Waals surface area contributed by atoms with E-state index in [1.54, 1.807) is 0 Å². The summed E-state index contributed by atoms with van der Waals surface area (Å²) in [6.45, 7) is 4.82. The average Bonchev–Trinajstić information content (AvgIpc) is 2.71. The van der Waals surface area contributed by atoms with E-state index in [1.807, 2.05) is 18.5 Å². The summed E-state index contributed by atoms with van der Waals surface area (Å²) < 4.78 is 6.96. The van der Waals surface area contributed by atoms with Gasteiger partial charge >= 0.3 is 5.97 Å². The molecule has 0 spiro atoms. The molecule has 1 aromatic rings. The van der Waals surface area contributed by atoms with Crippen molar-refractivity contribution < 1.29 is 9.53 Å². The molecular formula is C13H20N4O2. The van der Waals surface area contributed by atoms with Crippen molar-refractivity contribution in [3.8, 4) is 0 Å². The summed E-state index contributed by atoms with van der Waals surface area (Å²) in [5, 5.41) is 7.78. The Hall–Kier alpha value is -1.59. The molecule has 1 aliphatic heterocycles. The smallest absolute Gasteiger partial charge is 0.312 e. The average molecular weight is 264 g/mol. The van der Waals surface area contributed by atoms with Crippen LogP contribution in [0, 0.1) is 5.92 Å². The highest BCUT2D eigenvalue weighted by Gasteiger charge is 2.35. The number of fused-ring (bicyclic) bond motifs is 1. The Balaban J connectivity index is 1.80. The molecule has 3 rings (SSSR count). The second-order valence-electron chi connectivity index (χ2n) is 5.35. The molecule has 0 radical (unpaired) electrons. The van der Waals surface area contributed by atoms with E-state index in [0.29, 0.717) is 19.1 Å². The van der Waals surface area contributed by atoms with Crippen LogP contribution in [0.3, 0.4) is 0 Å². The van der Waals surface area contributed by atoms with Crippen molar-refractivity contribution in [1.82, 2.24) is 14.8 Å². The van der Waals surface area contributed by atoms with Crippen molar-refractivity contribution in [1.29, 1.82) is 0 Å². The van der Waals surface area contributed by atoms with E-state index >= 15 is 0 Å². The van der Waals surface area contributed by atoms with E-state index in [2.05, 4.69) is 15.4 Å². The highest BCUT2D eigenvalue weighted by atomic mass is 16.5. The van der Waals surface area contributed by atoms with Crippen LogP contribution in [0.4, 0.5) is 5.95 Å². The van der Waals surface area contributed by atoms with Gasteiger partial charge in [-0.15, -0.1) is 0 Å². The lowest BCUT2D eigenvalue weighted by Crippen LogP contribution is -2.37. The van der Waals surface area contributed by atoms with E-state index in [4.69, 9.17) is 4.74 Å². The first-order chi connectivity index (χ1) is 9.20. The Morgan fingerprint density at radius 1 is 1.53 bits per heavy atom. The molecule has 1 N–H and O–H groups in total. The summed E-state index contributed by atoms with van der Waals surface area (Å²) in [6, 6.07) is -0.00312. The Bertz CT molecular complexity index is 481. The Kier molecular flexibility index (Phi) is 3.16. The normalized spacial score (nSPS) is 26.2. The first-order valence-electron chi connectivity index (χ1n) is 7.07. The Morgan fingerprint density at radius 2 is 2.32 bits per heavy atom. The van der Waals surface area contributed by atoms with Crippen molar-refractivity contribution in [2.24, 2.45) is 5.92 Å². The van der Waals surface area contributed by atoms with Gasteiger partial charge in [0.2, 0.25) is 5.95 Å². The van der Waals surface area contributed by atoms with Crippen LogP contribution in [0.15, 0.2) is 0 Å². The topological polar surface area (TPSA) is 69.0 Å². The molecule has 1 aromatic heterocycles. The molecule has 19 heavy (non-hydrogen) atoms. The van der Waals surface area contributed by atoms with Crippen LogP contribution in [-0.4, -0.2) is 33.9 Å². The summed E-state index contributed by atoms with van der Waals surface area (Å²) >= 11 is 0. The van der Waals surface area contributed by atoms with Gasteiger partial charge in [0, 0.05) is 12.5 Å². The summed E-state index contributed by atoms with van der Waals surface area (Å²) in [5.41, 5.74) is 0. The van der Waals surface area contributed by atoms with Gasteiger partial charge in [-0.2, -0.15) is 10.1 Å². The molecule has 6 nitrogen and oxygen atoms in total. The SMILES string of the molecule is CCOC(=O)C1CNc2nc(C3CCC3)nn2C1C. The number of carbonyl (C=O) groups is 1. The van der Waals surface area contributed by atoms with Gasteiger partial charge in [-0.25, -0.2) is 4.68 Å². The van der Waals surface area contributed by atoms with Crippen molar-refractivity contribution in [2.45, 2.75) is 45.1 Å². The third-order valence-corrected chi connectivity index (χ3v) is 4.16. The zero-order valence-electron chi connectivity index (χ0n) is 11.4. The zero-order chi connectivity index (χ0) is 13.4. The maximum absolute atomic E-state index is 11.9. The van der Waals surface area contributed by atoms with E-state index in [0.717, 1.165) is 11.8 Å². The number of rotatable bonds is 3. The van der Waals surface area contributed by atoms with Crippen molar-refractivity contribution in [3.05, 3.63) is 5.82 Å². The number of hydrogen-bond acceptors (Lipinski definition) is 5. The highest BCUT2D eigenvalue weighted by molar-refractivity contribution is 5.74. The molecule has 0 saturated heterocycles. The minimum Gasteiger partial charge on any atom is -0.466 e. The maximum atomic E-state index is 11.9. The van der Waals surface area contributed by atoms with Crippen molar-refractivity contribution in [2.75, 3.05) is 18.5 Å². The molecule has 1 fully saturated rings. The number of carbonyl (C=O) groups excluding carboxylic acids is 1. The summed E-state index contributed by atoms with van der Waals surface area (Å²) in [6.07, 6.45) is 3.63. The summed E-state index contributed by atoms with van der Waals surface area (Å²) in [4.78, 5) is 16.5. The quantitative estimate of drug-likeness (QED) is 0.842. The number of nitrogens with one attached hydrogen (secondary N) is 1. The molecule has 6 heteroatoms. The molecule has 2 heterocycles. The molecule has 104 valence electrons. The largest absolute Gasteiger partial charge is 0.466 e. The van der Waals surface area contributed by atoms with Crippen LogP contribution in [0.25, 0.3) is 0 Å². The fraction of sp³-hybridized carbons (Fsp3) is 0.769. The number of ether oxygens (including phenoxy) is 1. The van der Waals surface area contributed by atoms with Crippen LogP contribution in [0.5, 0.6) is 0 Å². The monoisotopic (exact) mass is 264 g/mol. The lowest BCUT2D eigenvalue weighted by Gasteiger charge is -2.28. The lowest BCUT2D eigenvalue weighted by atomic mass is 9.85. The van der Waals surface area contributed by atoms with Crippen LogP contribution in [-0.2, 0) is 9.53 Å². The molecule has 2 atom stereocenters. The summed E-state index contributed by atoms with van der Waals surface area (Å²) in [7, 11) is 0. The first-order valence-corrected chi connectivity index (χ1v) is 7.07. The van der Waals surface area contributed by atoms with Crippen LogP contribution < -0.4 is 5.32 Å².